The number of hydrogen-bond donors (Lipinski definition) is 1. The van der Waals surface area contributed by atoms with Gasteiger partial charge in [-0.05, 0) is 43.0 Å². The Morgan fingerprint density at radius 3 is 2.75 bits per heavy atom. The van der Waals surface area contributed by atoms with Gasteiger partial charge in [0.1, 0.15) is 5.82 Å². The first-order valence-electron chi connectivity index (χ1n) is 6.54. The molecule has 2 amide bonds. The van der Waals surface area contributed by atoms with Crippen LogP contribution in [0.5, 0.6) is 0 Å². The molecule has 0 spiro atoms. The first-order chi connectivity index (χ1) is 9.40. The molecular formula is C14H19FN2O2S. The molecule has 6 heteroatoms. The second-order valence-corrected chi connectivity index (χ2v) is 6.86. The van der Waals surface area contributed by atoms with Gasteiger partial charge < -0.3 is 10.6 Å². The molecule has 0 saturated carbocycles. The fraction of sp³-hybridized carbons (Fsp3) is 0.500. The number of aryl methyl sites for hydroxylation is 1. The lowest BCUT2D eigenvalue weighted by Crippen LogP contribution is -2.46. The zero-order valence-corrected chi connectivity index (χ0v) is 12.5. The Morgan fingerprint density at radius 2 is 2.20 bits per heavy atom. The van der Waals surface area contributed by atoms with Crippen LogP contribution in [-0.4, -0.2) is 33.2 Å². The van der Waals surface area contributed by atoms with Gasteiger partial charge in [0.25, 0.3) is 0 Å². The van der Waals surface area contributed by atoms with Crippen molar-refractivity contribution in [1.82, 2.24) is 4.90 Å². The highest BCUT2D eigenvalue weighted by molar-refractivity contribution is 7.84. The summed E-state index contributed by atoms with van der Waals surface area (Å²) >= 11 is 0. The Kier molecular flexibility index (Phi) is 4.42. The van der Waals surface area contributed by atoms with Gasteiger partial charge in [0.2, 0.25) is 0 Å². The van der Waals surface area contributed by atoms with Crippen molar-refractivity contribution in [3.8, 4) is 0 Å². The molecule has 1 saturated heterocycles. The van der Waals surface area contributed by atoms with Crippen LogP contribution in [0.3, 0.4) is 0 Å². The number of nitrogens with two attached hydrogens (primary N) is 1. The summed E-state index contributed by atoms with van der Waals surface area (Å²) in [5, 5.41) is 0.0417. The number of amides is 2. The molecule has 0 aliphatic carbocycles. The maximum absolute atomic E-state index is 13.2. The molecule has 20 heavy (non-hydrogen) atoms. The molecule has 110 valence electrons. The van der Waals surface area contributed by atoms with Crippen LogP contribution in [0.1, 0.15) is 30.0 Å². The molecule has 0 bridgehead atoms. The molecule has 1 fully saturated rings. The van der Waals surface area contributed by atoms with Crippen LogP contribution >= 0.6 is 0 Å². The number of benzene rings is 1. The van der Waals surface area contributed by atoms with E-state index < -0.39 is 16.8 Å². The highest BCUT2D eigenvalue weighted by Gasteiger charge is 2.33. The SMILES string of the molecule is Cc1cc(F)ccc1C1CC(S(C)=O)CCN1C(N)=O. The average Bonchev–Trinajstić information content (AvgIpc) is 2.37. The Labute approximate surface area is 120 Å². The summed E-state index contributed by atoms with van der Waals surface area (Å²) in [5.41, 5.74) is 7.09. The minimum Gasteiger partial charge on any atom is -0.351 e. The van der Waals surface area contributed by atoms with E-state index >= 15 is 0 Å². The summed E-state index contributed by atoms with van der Waals surface area (Å²) < 4.78 is 24.9. The van der Waals surface area contributed by atoms with Crippen molar-refractivity contribution >= 4 is 16.8 Å². The number of nitrogens with zero attached hydrogens (tertiary/aromatic N) is 1. The molecule has 1 aromatic rings. The normalized spacial score (nSPS) is 24.4. The van der Waals surface area contributed by atoms with Gasteiger partial charge >= 0.3 is 6.03 Å². The minimum atomic E-state index is -0.939. The summed E-state index contributed by atoms with van der Waals surface area (Å²) in [7, 11) is -0.939. The van der Waals surface area contributed by atoms with Gasteiger partial charge in [-0.15, -0.1) is 0 Å². The molecule has 2 N–H and O–H groups in total. The van der Waals surface area contributed by atoms with Crippen LogP contribution in [0.4, 0.5) is 9.18 Å². The van der Waals surface area contributed by atoms with Crippen LogP contribution in [0.2, 0.25) is 0 Å². The zero-order chi connectivity index (χ0) is 14.9. The lowest BCUT2D eigenvalue weighted by Gasteiger charge is -2.38. The van der Waals surface area contributed by atoms with E-state index in [-0.39, 0.29) is 17.1 Å². The van der Waals surface area contributed by atoms with Gasteiger partial charge in [-0.2, -0.15) is 0 Å². The number of carbonyl (C=O) groups excluding carboxylic acids is 1. The Bertz CT molecular complexity index is 550. The third-order valence-electron chi connectivity index (χ3n) is 3.90. The standard InChI is InChI=1S/C14H19FN2O2S/c1-9-7-10(15)3-4-12(9)13-8-11(20(2)19)5-6-17(13)14(16)18/h3-4,7,11,13H,5-6,8H2,1-2H3,(H2,16,18). The number of likely N-dealkylation sites (tertiary alicyclic amines) is 1. The van der Waals surface area contributed by atoms with Crippen LogP contribution in [0.15, 0.2) is 18.2 Å². The molecular weight excluding hydrogens is 279 g/mol. The lowest BCUT2D eigenvalue weighted by molar-refractivity contribution is 0.161. The first-order valence-corrected chi connectivity index (χ1v) is 8.16. The summed E-state index contributed by atoms with van der Waals surface area (Å²) in [6, 6.07) is 3.80. The highest BCUT2D eigenvalue weighted by atomic mass is 32.2. The van der Waals surface area contributed by atoms with Crippen molar-refractivity contribution < 1.29 is 13.4 Å². The van der Waals surface area contributed by atoms with E-state index in [0.29, 0.717) is 19.4 Å². The van der Waals surface area contributed by atoms with E-state index in [9.17, 15) is 13.4 Å². The predicted octanol–water partition coefficient (Wildman–Crippen LogP) is 2.10. The second-order valence-electron chi connectivity index (χ2n) is 5.19. The van der Waals surface area contributed by atoms with Crippen molar-refractivity contribution in [3.63, 3.8) is 0 Å². The van der Waals surface area contributed by atoms with Crippen molar-refractivity contribution in [1.29, 1.82) is 0 Å². The summed E-state index contributed by atoms with van der Waals surface area (Å²) in [5.74, 6) is -0.302. The van der Waals surface area contributed by atoms with E-state index in [4.69, 9.17) is 5.73 Å². The van der Waals surface area contributed by atoms with Crippen LogP contribution < -0.4 is 5.73 Å². The van der Waals surface area contributed by atoms with Crippen LogP contribution in [0, 0.1) is 12.7 Å². The molecule has 1 aliphatic rings. The molecule has 3 atom stereocenters. The quantitative estimate of drug-likeness (QED) is 0.908. The van der Waals surface area contributed by atoms with Gasteiger partial charge in [-0.3, -0.25) is 4.21 Å². The van der Waals surface area contributed by atoms with Gasteiger partial charge in [0.05, 0.1) is 6.04 Å². The number of halogens is 1. The van der Waals surface area contributed by atoms with Crippen molar-refractivity contribution in [2.45, 2.75) is 31.1 Å². The van der Waals surface area contributed by atoms with E-state index in [1.165, 1.54) is 12.1 Å². The maximum Gasteiger partial charge on any atom is 0.315 e. The van der Waals surface area contributed by atoms with E-state index in [0.717, 1.165) is 11.1 Å². The average molecular weight is 298 g/mol. The van der Waals surface area contributed by atoms with Crippen molar-refractivity contribution in [2.24, 2.45) is 5.73 Å². The van der Waals surface area contributed by atoms with Crippen LogP contribution in [-0.2, 0) is 10.8 Å². The zero-order valence-electron chi connectivity index (χ0n) is 11.6. The fourth-order valence-corrected chi connectivity index (χ4v) is 3.70. The van der Waals surface area contributed by atoms with E-state index in [1.54, 1.807) is 17.2 Å². The largest absolute Gasteiger partial charge is 0.351 e. The summed E-state index contributed by atoms with van der Waals surface area (Å²) in [6.07, 6.45) is 2.96. The van der Waals surface area contributed by atoms with E-state index in [2.05, 4.69) is 0 Å². The molecule has 0 aromatic heterocycles. The smallest absolute Gasteiger partial charge is 0.315 e. The Balaban J connectivity index is 2.36. The van der Waals surface area contributed by atoms with Gasteiger partial charge in [-0.25, -0.2) is 9.18 Å². The van der Waals surface area contributed by atoms with Gasteiger partial charge in [0.15, 0.2) is 0 Å². The van der Waals surface area contributed by atoms with Crippen molar-refractivity contribution in [2.75, 3.05) is 12.8 Å². The molecule has 3 unspecified atom stereocenters. The number of hydrogen-bond acceptors (Lipinski definition) is 2. The minimum absolute atomic E-state index is 0.0417. The Morgan fingerprint density at radius 1 is 1.50 bits per heavy atom. The number of carbonyl (C=O) groups is 1. The lowest BCUT2D eigenvalue weighted by atomic mass is 9.92. The Hall–Kier alpha value is -1.43. The molecule has 2 rings (SSSR count). The van der Waals surface area contributed by atoms with Crippen LogP contribution in [0.25, 0.3) is 0 Å². The molecule has 4 nitrogen and oxygen atoms in total. The molecule has 0 radical (unpaired) electrons. The number of primary amides is 1. The summed E-state index contributed by atoms with van der Waals surface area (Å²) in [4.78, 5) is 13.2. The first kappa shape index (κ1) is 15.0. The van der Waals surface area contributed by atoms with E-state index in [1.807, 2.05) is 6.92 Å². The number of piperidine rings is 1. The van der Waals surface area contributed by atoms with Crippen molar-refractivity contribution in [3.05, 3.63) is 35.1 Å². The summed E-state index contributed by atoms with van der Waals surface area (Å²) in [6.45, 7) is 2.30. The monoisotopic (exact) mass is 298 g/mol. The fourth-order valence-electron chi connectivity index (χ4n) is 2.81. The van der Waals surface area contributed by atoms with Gasteiger partial charge in [0, 0.05) is 28.9 Å². The molecule has 1 aromatic carbocycles. The third kappa shape index (κ3) is 3.00. The predicted molar refractivity (Wildman–Crippen MR) is 77.3 cm³/mol. The molecule has 1 aliphatic heterocycles. The third-order valence-corrected chi connectivity index (χ3v) is 5.26. The molecule has 1 heterocycles. The number of rotatable bonds is 2. The second kappa shape index (κ2) is 5.91. The maximum atomic E-state index is 13.2. The number of urea groups is 1. The highest BCUT2D eigenvalue weighted by Crippen LogP contribution is 2.34. The van der Waals surface area contributed by atoms with Gasteiger partial charge in [-0.1, -0.05) is 6.07 Å². The topological polar surface area (TPSA) is 63.4 Å².